The highest BCUT2D eigenvalue weighted by atomic mass is 32.2. The van der Waals surface area contributed by atoms with Gasteiger partial charge >= 0.3 is 0 Å². The van der Waals surface area contributed by atoms with Crippen molar-refractivity contribution in [2.24, 2.45) is 0 Å². The molecule has 0 spiro atoms. The second-order valence-corrected chi connectivity index (χ2v) is 9.30. The predicted octanol–water partition coefficient (Wildman–Crippen LogP) is 4.39. The molecule has 1 heterocycles. The molecule has 0 atom stereocenters. The van der Waals surface area contributed by atoms with Gasteiger partial charge in [-0.25, -0.2) is 8.42 Å². The van der Waals surface area contributed by atoms with Crippen LogP contribution in [0.25, 0.3) is 11.0 Å². The van der Waals surface area contributed by atoms with E-state index in [1.807, 2.05) is 24.3 Å². The normalized spacial score (nSPS) is 16.8. The van der Waals surface area contributed by atoms with Gasteiger partial charge in [-0.2, -0.15) is 0 Å². The second kappa shape index (κ2) is 6.51. The Morgan fingerprint density at radius 2 is 1.86 bits per heavy atom. The largest absolute Gasteiger partial charge is 0.495 e. The quantitative estimate of drug-likeness (QED) is 0.689. The Balaban J connectivity index is 1.54. The van der Waals surface area contributed by atoms with Crippen LogP contribution in [0.5, 0.6) is 5.75 Å². The summed E-state index contributed by atoms with van der Waals surface area (Å²) in [7, 11) is -2.37. The zero-order chi connectivity index (χ0) is 19.3. The smallest absolute Gasteiger partial charge is 0.266 e. The van der Waals surface area contributed by atoms with Crippen LogP contribution < -0.4 is 9.46 Å². The van der Waals surface area contributed by atoms with E-state index in [1.165, 1.54) is 31.1 Å². The molecule has 3 aromatic rings. The van der Waals surface area contributed by atoms with Gasteiger partial charge in [0.25, 0.3) is 10.0 Å². The summed E-state index contributed by atoms with van der Waals surface area (Å²) < 4.78 is 39.7. The van der Waals surface area contributed by atoms with Crippen molar-refractivity contribution in [3.05, 3.63) is 47.0 Å². The van der Waals surface area contributed by atoms with Crippen LogP contribution in [-0.4, -0.2) is 20.7 Å². The lowest BCUT2D eigenvalue weighted by atomic mass is 9.92. The molecule has 0 radical (unpaired) electrons. The minimum absolute atomic E-state index is 0.144. The monoisotopic (exact) mass is 398 g/mol. The molecule has 0 saturated heterocycles. The van der Waals surface area contributed by atoms with E-state index >= 15 is 0 Å². The molecule has 2 aliphatic rings. The third kappa shape index (κ3) is 3.03. The number of aryl methyl sites for hydroxylation is 2. The Kier molecular flexibility index (Phi) is 4.08. The first-order valence-corrected chi connectivity index (χ1v) is 11.2. The Morgan fingerprint density at radius 3 is 2.57 bits per heavy atom. The Labute approximate surface area is 163 Å². The van der Waals surface area contributed by atoms with Crippen LogP contribution >= 0.6 is 0 Å². The van der Waals surface area contributed by atoms with Crippen molar-refractivity contribution in [1.82, 2.24) is 5.16 Å². The third-order valence-electron chi connectivity index (χ3n) is 5.69. The Hall–Kier alpha value is -2.54. The molecule has 2 aromatic carbocycles. The van der Waals surface area contributed by atoms with Gasteiger partial charge in [0.15, 0.2) is 11.4 Å². The molecule has 28 heavy (non-hydrogen) atoms. The van der Waals surface area contributed by atoms with E-state index in [1.54, 1.807) is 6.07 Å². The minimum Gasteiger partial charge on any atom is -0.495 e. The summed E-state index contributed by atoms with van der Waals surface area (Å²) in [6.45, 7) is 0. The molecule has 0 aliphatic heterocycles. The molecule has 1 fully saturated rings. The number of fused-ring (bicyclic) bond motifs is 2. The predicted molar refractivity (Wildman–Crippen MR) is 106 cm³/mol. The van der Waals surface area contributed by atoms with Crippen LogP contribution in [0.3, 0.4) is 0 Å². The summed E-state index contributed by atoms with van der Waals surface area (Å²) in [4.78, 5) is 0.144. The molecule has 1 saturated carbocycles. The summed E-state index contributed by atoms with van der Waals surface area (Å²) in [5.41, 5.74) is 4.01. The van der Waals surface area contributed by atoms with E-state index in [0.717, 1.165) is 31.2 Å². The molecule has 7 heteroatoms. The van der Waals surface area contributed by atoms with Crippen molar-refractivity contribution in [3.63, 3.8) is 0 Å². The number of sulfonamides is 1. The van der Waals surface area contributed by atoms with E-state index < -0.39 is 10.0 Å². The fourth-order valence-corrected chi connectivity index (χ4v) is 5.21. The molecule has 146 valence electrons. The number of hydrogen-bond donors (Lipinski definition) is 1. The van der Waals surface area contributed by atoms with E-state index in [4.69, 9.17) is 9.26 Å². The average Bonchev–Trinajstić information content (AvgIpc) is 3.49. The fraction of sp³-hybridized carbons (Fsp3) is 0.381. The van der Waals surface area contributed by atoms with Crippen LogP contribution in [0.2, 0.25) is 0 Å². The van der Waals surface area contributed by atoms with E-state index in [0.29, 0.717) is 22.6 Å². The number of methoxy groups -OCH3 is 1. The zero-order valence-corrected chi connectivity index (χ0v) is 16.5. The lowest BCUT2D eigenvalue weighted by Crippen LogP contribution is -2.16. The number of nitrogens with one attached hydrogen (secondary N) is 1. The van der Waals surface area contributed by atoms with Gasteiger partial charge in [-0.05, 0) is 85.4 Å². The molecular weight excluding hydrogens is 376 g/mol. The average molecular weight is 398 g/mol. The molecule has 2 aliphatic carbocycles. The lowest BCUT2D eigenvalue weighted by molar-refractivity contribution is 0.401. The molecule has 0 unspecified atom stereocenters. The van der Waals surface area contributed by atoms with Gasteiger partial charge in [0.05, 0.1) is 12.5 Å². The highest BCUT2D eigenvalue weighted by Crippen LogP contribution is 2.42. The molecular formula is C21H22N2O4S. The number of hydrogen-bond acceptors (Lipinski definition) is 5. The zero-order valence-electron chi connectivity index (χ0n) is 15.7. The first-order valence-electron chi connectivity index (χ1n) is 9.67. The number of nitrogens with zero attached hydrogens (tertiary/aromatic N) is 1. The lowest BCUT2D eigenvalue weighted by Gasteiger charge is -2.19. The first-order chi connectivity index (χ1) is 13.5. The standard InChI is InChI=1S/C21H22N2O4S/c1-26-19-11-14-4-2-3-5-15(14)12-20(19)28(24,25)23-21-17-10-16(13-6-7-13)8-9-18(17)27-22-21/h8-13H,2-7H2,1H3,(H,22,23). The molecule has 0 amide bonds. The number of anilines is 1. The van der Waals surface area contributed by atoms with Crippen molar-refractivity contribution in [1.29, 1.82) is 0 Å². The van der Waals surface area contributed by atoms with Crippen LogP contribution in [0.4, 0.5) is 5.82 Å². The minimum atomic E-state index is -3.87. The SMILES string of the molecule is COc1cc2c(cc1S(=O)(=O)Nc1noc3ccc(C4CC4)cc13)CCCC2. The van der Waals surface area contributed by atoms with Gasteiger partial charge in [-0.3, -0.25) is 4.72 Å². The second-order valence-electron chi connectivity index (χ2n) is 7.65. The van der Waals surface area contributed by atoms with Crippen molar-refractivity contribution < 1.29 is 17.7 Å². The van der Waals surface area contributed by atoms with Crippen molar-refractivity contribution in [2.45, 2.75) is 49.3 Å². The van der Waals surface area contributed by atoms with Crippen LogP contribution in [0, 0.1) is 0 Å². The molecule has 0 bridgehead atoms. The third-order valence-corrected chi connectivity index (χ3v) is 7.05. The number of rotatable bonds is 5. The Morgan fingerprint density at radius 1 is 1.11 bits per heavy atom. The Bertz CT molecular complexity index is 1160. The van der Waals surface area contributed by atoms with E-state index in [9.17, 15) is 8.42 Å². The summed E-state index contributed by atoms with van der Waals surface area (Å²) in [6, 6.07) is 9.46. The first kappa shape index (κ1) is 17.6. The number of ether oxygens (including phenoxy) is 1. The maximum atomic E-state index is 13.2. The molecule has 5 rings (SSSR count). The summed E-state index contributed by atoms with van der Waals surface area (Å²) in [5, 5.41) is 4.65. The van der Waals surface area contributed by atoms with Gasteiger partial charge in [-0.1, -0.05) is 11.2 Å². The molecule has 1 N–H and O–H groups in total. The maximum absolute atomic E-state index is 13.2. The highest BCUT2D eigenvalue weighted by Gasteiger charge is 2.27. The van der Waals surface area contributed by atoms with Crippen LogP contribution in [-0.2, 0) is 22.9 Å². The van der Waals surface area contributed by atoms with Gasteiger partial charge in [0, 0.05) is 0 Å². The van der Waals surface area contributed by atoms with Crippen LogP contribution in [0.1, 0.15) is 48.3 Å². The van der Waals surface area contributed by atoms with Crippen molar-refractivity contribution in [2.75, 3.05) is 11.8 Å². The summed E-state index contributed by atoms with van der Waals surface area (Å²) in [6.07, 6.45) is 6.38. The fourth-order valence-electron chi connectivity index (χ4n) is 3.99. The maximum Gasteiger partial charge on any atom is 0.266 e. The van der Waals surface area contributed by atoms with E-state index in [2.05, 4.69) is 9.88 Å². The number of aromatic nitrogens is 1. The summed E-state index contributed by atoms with van der Waals surface area (Å²) >= 11 is 0. The molecule has 1 aromatic heterocycles. The topological polar surface area (TPSA) is 81.4 Å². The highest BCUT2D eigenvalue weighted by molar-refractivity contribution is 7.92. The van der Waals surface area contributed by atoms with Gasteiger partial charge in [0.1, 0.15) is 10.6 Å². The van der Waals surface area contributed by atoms with Crippen molar-refractivity contribution in [3.8, 4) is 5.75 Å². The molecule has 6 nitrogen and oxygen atoms in total. The van der Waals surface area contributed by atoms with Gasteiger partial charge in [-0.15, -0.1) is 0 Å². The van der Waals surface area contributed by atoms with Gasteiger partial charge < -0.3 is 9.26 Å². The summed E-state index contributed by atoms with van der Waals surface area (Å²) in [5.74, 6) is 1.14. The number of benzene rings is 2. The van der Waals surface area contributed by atoms with Crippen molar-refractivity contribution >= 4 is 26.8 Å². The van der Waals surface area contributed by atoms with Crippen LogP contribution in [0.15, 0.2) is 39.8 Å². The van der Waals surface area contributed by atoms with E-state index in [-0.39, 0.29) is 10.7 Å². The van der Waals surface area contributed by atoms with Gasteiger partial charge in [0.2, 0.25) is 0 Å².